The number of aryl methyl sites for hydroxylation is 2. The minimum Gasteiger partial charge on any atom is -0.452 e. The molecule has 1 N–H and O–H groups in total. The third-order valence-electron chi connectivity index (χ3n) is 3.74. The first-order chi connectivity index (χ1) is 11.5. The Labute approximate surface area is 142 Å². The molecular weight excluding hydrogens is 302 g/mol. The predicted octanol–water partition coefficient (Wildman–Crippen LogP) is 3.29. The monoisotopic (exact) mass is 325 g/mol. The fourth-order valence-corrected chi connectivity index (χ4v) is 2.32. The van der Waals surface area contributed by atoms with Gasteiger partial charge in [0.05, 0.1) is 5.56 Å². The molecule has 0 heterocycles. The summed E-state index contributed by atoms with van der Waals surface area (Å²) in [5.74, 6) is -0.766. The molecule has 0 aromatic heterocycles. The van der Waals surface area contributed by atoms with E-state index in [0.717, 1.165) is 18.4 Å². The van der Waals surface area contributed by atoms with Crippen molar-refractivity contribution in [2.45, 2.75) is 32.7 Å². The molecule has 126 valence electrons. The molecule has 0 saturated heterocycles. The number of amides is 1. The SMILES string of the molecule is Cc1ccc(C(=O)OCC(=O)N[C@H](C)CCc2ccccc2)cc1. The predicted molar refractivity (Wildman–Crippen MR) is 93.8 cm³/mol. The van der Waals surface area contributed by atoms with Gasteiger partial charge in [0.25, 0.3) is 5.91 Å². The van der Waals surface area contributed by atoms with Crippen LogP contribution in [-0.2, 0) is 16.0 Å². The zero-order valence-corrected chi connectivity index (χ0v) is 14.1. The summed E-state index contributed by atoms with van der Waals surface area (Å²) in [6.45, 7) is 3.63. The van der Waals surface area contributed by atoms with Crippen LogP contribution in [0.15, 0.2) is 54.6 Å². The Morgan fingerprint density at radius 2 is 1.71 bits per heavy atom. The fraction of sp³-hybridized carbons (Fsp3) is 0.300. The maximum Gasteiger partial charge on any atom is 0.338 e. The summed E-state index contributed by atoms with van der Waals surface area (Å²) >= 11 is 0. The van der Waals surface area contributed by atoms with E-state index >= 15 is 0 Å². The van der Waals surface area contributed by atoms with Gasteiger partial charge in [-0.3, -0.25) is 4.79 Å². The van der Waals surface area contributed by atoms with E-state index in [1.807, 2.05) is 44.2 Å². The Kier molecular flexibility index (Phi) is 6.55. The average Bonchev–Trinajstić information content (AvgIpc) is 2.59. The highest BCUT2D eigenvalue weighted by Crippen LogP contribution is 2.06. The summed E-state index contributed by atoms with van der Waals surface area (Å²) in [5.41, 5.74) is 2.76. The van der Waals surface area contributed by atoms with Crippen LogP contribution in [0.25, 0.3) is 0 Å². The number of nitrogens with one attached hydrogen (secondary N) is 1. The molecule has 1 amide bonds. The van der Waals surface area contributed by atoms with Crippen LogP contribution in [0.5, 0.6) is 0 Å². The van der Waals surface area contributed by atoms with E-state index in [9.17, 15) is 9.59 Å². The average molecular weight is 325 g/mol. The van der Waals surface area contributed by atoms with Gasteiger partial charge in [-0.1, -0.05) is 48.0 Å². The Morgan fingerprint density at radius 3 is 2.38 bits per heavy atom. The van der Waals surface area contributed by atoms with Crippen molar-refractivity contribution in [3.05, 3.63) is 71.3 Å². The third kappa shape index (κ3) is 5.88. The van der Waals surface area contributed by atoms with Crippen molar-refractivity contribution in [3.63, 3.8) is 0 Å². The molecule has 2 aromatic rings. The lowest BCUT2D eigenvalue weighted by atomic mass is 10.1. The highest BCUT2D eigenvalue weighted by Gasteiger charge is 2.12. The normalized spacial score (nSPS) is 11.6. The molecule has 1 atom stereocenters. The molecule has 2 rings (SSSR count). The second-order valence-corrected chi connectivity index (χ2v) is 5.93. The van der Waals surface area contributed by atoms with E-state index in [1.165, 1.54) is 5.56 Å². The molecule has 0 unspecified atom stereocenters. The number of esters is 1. The van der Waals surface area contributed by atoms with Gasteiger partial charge in [-0.25, -0.2) is 4.79 Å². The standard InChI is InChI=1S/C20H23NO3/c1-15-8-12-18(13-9-15)20(23)24-14-19(22)21-16(2)10-11-17-6-4-3-5-7-17/h3-9,12-13,16H,10-11,14H2,1-2H3,(H,21,22)/t16-/m1/s1. The van der Waals surface area contributed by atoms with Crippen LogP contribution in [-0.4, -0.2) is 24.5 Å². The van der Waals surface area contributed by atoms with Crippen molar-refractivity contribution in [1.82, 2.24) is 5.32 Å². The third-order valence-corrected chi connectivity index (χ3v) is 3.74. The summed E-state index contributed by atoms with van der Waals surface area (Å²) in [5, 5.41) is 2.85. The van der Waals surface area contributed by atoms with Crippen molar-refractivity contribution in [1.29, 1.82) is 0 Å². The molecule has 0 aliphatic rings. The first-order valence-electron chi connectivity index (χ1n) is 8.11. The zero-order valence-electron chi connectivity index (χ0n) is 14.1. The minimum absolute atomic E-state index is 0.0239. The van der Waals surface area contributed by atoms with Gasteiger partial charge in [0.2, 0.25) is 0 Å². The van der Waals surface area contributed by atoms with Crippen LogP contribution >= 0.6 is 0 Å². The van der Waals surface area contributed by atoms with Gasteiger partial charge in [-0.2, -0.15) is 0 Å². The lowest BCUT2D eigenvalue weighted by Gasteiger charge is -2.14. The van der Waals surface area contributed by atoms with E-state index in [1.54, 1.807) is 12.1 Å². The van der Waals surface area contributed by atoms with E-state index in [2.05, 4.69) is 17.4 Å². The number of hydrogen-bond acceptors (Lipinski definition) is 3. The largest absolute Gasteiger partial charge is 0.452 e. The van der Waals surface area contributed by atoms with Crippen LogP contribution in [0.4, 0.5) is 0 Å². The van der Waals surface area contributed by atoms with Crippen molar-refractivity contribution in [2.24, 2.45) is 0 Å². The van der Waals surface area contributed by atoms with E-state index in [4.69, 9.17) is 4.74 Å². The first-order valence-corrected chi connectivity index (χ1v) is 8.11. The fourth-order valence-electron chi connectivity index (χ4n) is 2.32. The second kappa shape index (κ2) is 8.87. The number of carbonyl (C=O) groups is 2. The van der Waals surface area contributed by atoms with E-state index in [-0.39, 0.29) is 18.6 Å². The number of carbonyl (C=O) groups excluding carboxylic acids is 2. The number of hydrogen-bond donors (Lipinski definition) is 1. The minimum atomic E-state index is -0.484. The Balaban J connectivity index is 1.70. The number of ether oxygens (including phenoxy) is 1. The van der Waals surface area contributed by atoms with Crippen LogP contribution in [0.2, 0.25) is 0 Å². The zero-order chi connectivity index (χ0) is 17.4. The van der Waals surface area contributed by atoms with E-state index in [0.29, 0.717) is 5.56 Å². The highest BCUT2D eigenvalue weighted by atomic mass is 16.5. The van der Waals surface area contributed by atoms with Crippen LogP contribution in [0.1, 0.15) is 34.8 Å². The van der Waals surface area contributed by atoms with Crippen molar-refractivity contribution in [2.75, 3.05) is 6.61 Å². The topological polar surface area (TPSA) is 55.4 Å². The molecule has 2 aromatic carbocycles. The summed E-state index contributed by atoms with van der Waals surface area (Å²) in [6, 6.07) is 17.2. The molecular formula is C20H23NO3. The Bertz CT molecular complexity index is 665. The molecule has 0 radical (unpaired) electrons. The van der Waals surface area contributed by atoms with Gasteiger partial charge in [-0.15, -0.1) is 0 Å². The van der Waals surface area contributed by atoms with Gasteiger partial charge in [-0.05, 0) is 44.4 Å². The van der Waals surface area contributed by atoms with Gasteiger partial charge in [0.15, 0.2) is 6.61 Å². The summed E-state index contributed by atoms with van der Waals surface area (Å²) < 4.78 is 5.04. The van der Waals surface area contributed by atoms with Gasteiger partial charge >= 0.3 is 5.97 Å². The lowest BCUT2D eigenvalue weighted by Crippen LogP contribution is -2.36. The molecule has 0 fully saturated rings. The second-order valence-electron chi connectivity index (χ2n) is 5.93. The van der Waals surface area contributed by atoms with Crippen molar-refractivity contribution < 1.29 is 14.3 Å². The molecule has 24 heavy (non-hydrogen) atoms. The van der Waals surface area contributed by atoms with E-state index < -0.39 is 5.97 Å². The van der Waals surface area contributed by atoms with Crippen molar-refractivity contribution >= 4 is 11.9 Å². The summed E-state index contributed by atoms with van der Waals surface area (Å²) in [7, 11) is 0. The molecule has 4 heteroatoms. The maximum atomic E-state index is 11.9. The van der Waals surface area contributed by atoms with Crippen LogP contribution in [0, 0.1) is 6.92 Å². The Hall–Kier alpha value is -2.62. The molecule has 0 aliphatic carbocycles. The quantitative estimate of drug-likeness (QED) is 0.795. The first kappa shape index (κ1) is 17.7. The molecule has 0 aliphatic heterocycles. The number of rotatable bonds is 7. The van der Waals surface area contributed by atoms with Crippen molar-refractivity contribution in [3.8, 4) is 0 Å². The number of benzene rings is 2. The molecule has 0 spiro atoms. The van der Waals surface area contributed by atoms with Gasteiger partial charge < -0.3 is 10.1 Å². The molecule has 4 nitrogen and oxygen atoms in total. The summed E-state index contributed by atoms with van der Waals surface area (Å²) in [6.07, 6.45) is 1.73. The maximum absolute atomic E-state index is 11.9. The molecule has 0 saturated carbocycles. The lowest BCUT2D eigenvalue weighted by molar-refractivity contribution is -0.124. The van der Waals surface area contributed by atoms with Gasteiger partial charge in [0.1, 0.15) is 0 Å². The van der Waals surface area contributed by atoms with Crippen LogP contribution in [0.3, 0.4) is 0 Å². The smallest absolute Gasteiger partial charge is 0.338 e. The van der Waals surface area contributed by atoms with Gasteiger partial charge in [0, 0.05) is 6.04 Å². The summed E-state index contributed by atoms with van der Waals surface area (Å²) in [4.78, 5) is 23.7. The molecule has 0 bridgehead atoms. The Morgan fingerprint density at radius 1 is 1.04 bits per heavy atom. The highest BCUT2D eigenvalue weighted by molar-refractivity contribution is 5.91. The van der Waals surface area contributed by atoms with Crippen LogP contribution < -0.4 is 5.32 Å².